The summed E-state index contributed by atoms with van der Waals surface area (Å²) < 4.78 is 0. The van der Waals surface area contributed by atoms with Gasteiger partial charge in [-0.2, -0.15) is 0 Å². The summed E-state index contributed by atoms with van der Waals surface area (Å²) in [7, 11) is 1.82. The Morgan fingerprint density at radius 3 is 2.54 bits per heavy atom. The molecule has 1 atom stereocenters. The summed E-state index contributed by atoms with van der Waals surface area (Å²) in [6, 6.07) is 0.318. The fraction of sp³-hybridized carbons (Fsp3) is 0.889. The molecule has 0 aromatic rings. The van der Waals surface area contributed by atoms with Crippen molar-refractivity contribution in [1.82, 2.24) is 15.5 Å². The molecule has 140 valence electrons. The fourth-order valence-electron chi connectivity index (χ4n) is 3.70. The van der Waals surface area contributed by atoms with Crippen LogP contribution in [0.1, 0.15) is 58.8 Å². The second kappa shape index (κ2) is 11.2. The molecule has 1 saturated heterocycles. The van der Waals surface area contributed by atoms with Crippen LogP contribution in [0.3, 0.4) is 0 Å². The number of hydrogen-bond donors (Lipinski definition) is 2. The smallest absolute Gasteiger partial charge is 0.225 e. The van der Waals surface area contributed by atoms with Gasteiger partial charge in [0.2, 0.25) is 5.91 Å². The number of aliphatic imine (C=N–C) groups is 1. The highest BCUT2D eigenvalue weighted by Crippen LogP contribution is 2.25. The number of carbonyl (C=O) groups excluding carboxylic acids is 1. The molecule has 1 aliphatic heterocycles. The maximum atomic E-state index is 12.0. The highest BCUT2D eigenvalue weighted by Gasteiger charge is 2.27. The predicted octanol–water partition coefficient (Wildman–Crippen LogP) is 3.00. The van der Waals surface area contributed by atoms with Crippen molar-refractivity contribution < 1.29 is 4.79 Å². The Hall–Kier alpha value is -0.530. The lowest BCUT2D eigenvalue weighted by Gasteiger charge is -2.23. The van der Waals surface area contributed by atoms with E-state index in [-0.39, 0.29) is 35.8 Å². The number of amides is 1. The highest BCUT2D eigenvalue weighted by atomic mass is 127. The van der Waals surface area contributed by atoms with Gasteiger partial charge in [0.15, 0.2) is 5.96 Å². The van der Waals surface area contributed by atoms with Crippen LogP contribution >= 0.6 is 24.0 Å². The molecule has 24 heavy (non-hydrogen) atoms. The minimum atomic E-state index is 0. The van der Waals surface area contributed by atoms with Crippen LogP contribution in [0.4, 0.5) is 0 Å². The van der Waals surface area contributed by atoms with Crippen molar-refractivity contribution in [2.75, 3.05) is 26.7 Å². The topological polar surface area (TPSA) is 56.7 Å². The molecule has 0 radical (unpaired) electrons. The minimum Gasteiger partial charge on any atom is -0.356 e. The first-order valence-electron chi connectivity index (χ1n) is 9.36. The summed E-state index contributed by atoms with van der Waals surface area (Å²) in [5.41, 5.74) is 0. The van der Waals surface area contributed by atoms with Crippen molar-refractivity contribution in [3.05, 3.63) is 0 Å². The number of likely N-dealkylation sites (tertiary alicyclic amines) is 1. The summed E-state index contributed by atoms with van der Waals surface area (Å²) in [6.07, 6.45) is 9.25. The van der Waals surface area contributed by atoms with E-state index in [1.807, 2.05) is 25.8 Å². The van der Waals surface area contributed by atoms with Crippen molar-refractivity contribution in [1.29, 1.82) is 0 Å². The van der Waals surface area contributed by atoms with Gasteiger partial charge in [-0.05, 0) is 18.8 Å². The number of guanidine groups is 1. The molecule has 1 unspecified atom stereocenters. The van der Waals surface area contributed by atoms with Gasteiger partial charge in [-0.3, -0.25) is 9.79 Å². The molecule has 2 rings (SSSR count). The fourth-order valence-corrected chi connectivity index (χ4v) is 3.70. The van der Waals surface area contributed by atoms with Gasteiger partial charge >= 0.3 is 0 Å². The molecule has 1 aliphatic carbocycles. The average Bonchev–Trinajstić information content (AvgIpc) is 3.02. The van der Waals surface area contributed by atoms with E-state index in [2.05, 4.69) is 15.6 Å². The normalized spacial score (nSPS) is 22.4. The van der Waals surface area contributed by atoms with Crippen LogP contribution in [-0.4, -0.2) is 49.5 Å². The van der Waals surface area contributed by atoms with Gasteiger partial charge in [0.1, 0.15) is 0 Å². The van der Waals surface area contributed by atoms with Crippen molar-refractivity contribution in [3.8, 4) is 0 Å². The van der Waals surface area contributed by atoms with Crippen LogP contribution in [-0.2, 0) is 4.79 Å². The molecule has 0 aromatic carbocycles. The van der Waals surface area contributed by atoms with Gasteiger partial charge in [0.05, 0.1) is 0 Å². The van der Waals surface area contributed by atoms with E-state index < -0.39 is 0 Å². The first-order valence-corrected chi connectivity index (χ1v) is 9.36. The Morgan fingerprint density at radius 2 is 1.92 bits per heavy atom. The molecule has 0 spiro atoms. The summed E-state index contributed by atoms with van der Waals surface area (Å²) in [5, 5.41) is 6.92. The van der Waals surface area contributed by atoms with Crippen LogP contribution in [0.5, 0.6) is 0 Å². The zero-order chi connectivity index (χ0) is 16.7. The quantitative estimate of drug-likeness (QED) is 0.385. The number of nitrogens with one attached hydrogen (secondary N) is 2. The Bertz CT molecular complexity index is 408. The molecule has 6 heteroatoms. The maximum Gasteiger partial charge on any atom is 0.225 e. The monoisotopic (exact) mass is 450 g/mol. The van der Waals surface area contributed by atoms with Crippen LogP contribution in [0.15, 0.2) is 4.99 Å². The van der Waals surface area contributed by atoms with Crippen LogP contribution in [0, 0.1) is 11.8 Å². The SMILES string of the molecule is CN=C(NCCC1CCCCC1)NC1CCN(C(=O)C(C)C)C1.I. The molecule has 5 nitrogen and oxygen atoms in total. The Balaban J connectivity index is 0.00000288. The lowest BCUT2D eigenvalue weighted by Crippen LogP contribution is -2.45. The van der Waals surface area contributed by atoms with Crippen LogP contribution in [0.25, 0.3) is 0 Å². The van der Waals surface area contributed by atoms with E-state index in [0.717, 1.165) is 37.9 Å². The van der Waals surface area contributed by atoms with Gasteiger partial charge in [-0.1, -0.05) is 46.0 Å². The molecule has 1 amide bonds. The number of rotatable bonds is 5. The minimum absolute atomic E-state index is 0. The third kappa shape index (κ3) is 6.76. The first-order chi connectivity index (χ1) is 11.1. The standard InChI is InChI=1S/C18H34N4O.HI/c1-14(2)17(23)22-12-10-16(13-22)21-18(19-3)20-11-9-15-7-5-4-6-8-15;/h14-16H,4-13H2,1-3H3,(H2,19,20,21);1H. The number of carbonyl (C=O) groups is 1. The molecule has 0 aromatic heterocycles. The molecule has 1 heterocycles. The van der Waals surface area contributed by atoms with E-state index in [1.54, 1.807) is 0 Å². The molecule has 2 fully saturated rings. The second-order valence-electron chi connectivity index (χ2n) is 7.36. The average molecular weight is 450 g/mol. The van der Waals surface area contributed by atoms with Gasteiger partial charge < -0.3 is 15.5 Å². The zero-order valence-electron chi connectivity index (χ0n) is 15.5. The van der Waals surface area contributed by atoms with E-state index in [0.29, 0.717) is 6.04 Å². The molecular weight excluding hydrogens is 415 g/mol. The van der Waals surface area contributed by atoms with E-state index in [4.69, 9.17) is 0 Å². The van der Waals surface area contributed by atoms with Gasteiger partial charge in [0, 0.05) is 38.6 Å². The van der Waals surface area contributed by atoms with Gasteiger partial charge in [-0.25, -0.2) is 0 Å². The lowest BCUT2D eigenvalue weighted by molar-refractivity contribution is -0.133. The summed E-state index contributed by atoms with van der Waals surface area (Å²) in [6.45, 7) is 6.57. The largest absolute Gasteiger partial charge is 0.356 e. The zero-order valence-corrected chi connectivity index (χ0v) is 17.8. The molecule has 2 aliphatic rings. The number of halogens is 1. The third-order valence-electron chi connectivity index (χ3n) is 5.13. The van der Waals surface area contributed by atoms with Crippen molar-refractivity contribution in [2.45, 2.75) is 64.8 Å². The van der Waals surface area contributed by atoms with Crippen molar-refractivity contribution in [3.63, 3.8) is 0 Å². The van der Waals surface area contributed by atoms with E-state index in [1.165, 1.54) is 38.5 Å². The Labute approximate surface area is 164 Å². The van der Waals surface area contributed by atoms with Crippen LogP contribution < -0.4 is 10.6 Å². The summed E-state index contributed by atoms with van der Waals surface area (Å²) in [5.74, 6) is 2.11. The lowest BCUT2D eigenvalue weighted by atomic mass is 9.87. The molecule has 0 bridgehead atoms. The number of nitrogens with zero attached hydrogens (tertiary/aromatic N) is 2. The van der Waals surface area contributed by atoms with Crippen molar-refractivity contribution >= 4 is 35.8 Å². The third-order valence-corrected chi connectivity index (χ3v) is 5.13. The van der Waals surface area contributed by atoms with E-state index in [9.17, 15) is 4.79 Å². The summed E-state index contributed by atoms with van der Waals surface area (Å²) >= 11 is 0. The van der Waals surface area contributed by atoms with Gasteiger partial charge in [-0.15, -0.1) is 24.0 Å². The highest BCUT2D eigenvalue weighted by molar-refractivity contribution is 14.0. The number of hydrogen-bond acceptors (Lipinski definition) is 2. The first kappa shape index (κ1) is 21.5. The van der Waals surface area contributed by atoms with Crippen LogP contribution in [0.2, 0.25) is 0 Å². The second-order valence-corrected chi connectivity index (χ2v) is 7.36. The van der Waals surface area contributed by atoms with Crippen molar-refractivity contribution in [2.24, 2.45) is 16.8 Å². The van der Waals surface area contributed by atoms with E-state index >= 15 is 0 Å². The Morgan fingerprint density at radius 1 is 1.21 bits per heavy atom. The molecular formula is C18H35IN4O. The summed E-state index contributed by atoms with van der Waals surface area (Å²) in [4.78, 5) is 18.3. The molecule has 2 N–H and O–H groups in total. The molecule has 1 saturated carbocycles. The van der Waals surface area contributed by atoms with Gasteiger partial charge in [0.25, 0.3) is 0 Å². The maximum absolute atomic E-state index is 12.0. The Kier molecular flexibility index (Phi) is 10.0. The predicted molar refractivity (Wildman–Crippen MR) is 111 cm³/mol.